The molecule has 2 heterocycles. The number of methoxy groups -OCH3 is 1. The molecule has 134 valence electrons. The molecule has 27 heavy (non-hydrogen) atoms. The number of rotatable bonds is 5. The molecule has 4 rings (SSSR count). The molecule has 0 saturated heterocycles. The zero-order valence-electron chi connectivity index (χ0n) is 14.8. The first kappa shape index (κ1) is 16.8. The highest BCUT2D eigenvalue weighted by atomic mass is 16.5. The molecule has 0 aliphatic heterocycles. The first-order valence-corrected chi connectivity index (χ1v) is 8.53. The smallest absolute Gasteiger partial charge is 0.255 e. The Labute approximate surface area is 156 Å². The lowest BCUT2D eigenvalue weighted by atomic mass is 10.1. The number of anilines is 1. The van der Waals surface area contributed by atoms with Crippen LogP contribution < -0.4 is 10.1 Å². The molecule has 0 unspecified atom stereocenters. The maximum atomic E-state index is 12.5. The van der Waals surface area contributed by atoms with Crippen molar-refractivity contribution in [3.8, 4) is 5.75 Å². The van der Waals surface area contributed by atoms with Crippen LogP contribution in [0.5, 0.6) is 5.75 Å². The summed E-state index contributed by atoms with van der Waals surface area (Å²) >= 11 is 0. The van der Waals surface area contributed by atoms with Crippen molar-refractivity contribution in [2.45, 2.75) is 6.54 Å². The Hall–Kier alpha value is -3.67. The Kier molecular flexibility index (Phi) is 4.53. The third-order valence-electron chi connectivity index (χ3n) is 4.27. The highest BCUT2D eigenvalue weighted by Gasteiger charge is 2.08. The molecule has 0 aliphatic carbocycles. The molecule has 1 N–H and O–H groups in total. The van der Waals surface area contributed by atoms with Gasteiger partial charge in [0.2, 0.25) is 0 Å². The van der Waals surface area contributed by atoms with E-state index in [0.717, 1.165) is 22.2 Å². The molecule has 4 aromatic rings. The molecular weight excluding hydrogens is 340 g/mol. The summed E-state index contributed by atoms with van der Waals surface area (Å²) in [5, 5.41) is 8.01. The monoisotopic (exact) mass is 358 g/mol. The van der Waals surface area contributed by atoms with Crippen LogP contribution in [-0.4, -0.2) is 27.8 Å². The van der Waals surface area contributed by atoms with E-state index in [2.05, 4.69) is 15.4 Å². The largest absolute Gasteiger partial charge is 0.497 e. The van der Waals surface area contributed by atoms with Crippen LogP contribution in [0.1, 0.15) is 15.9 Å². The molecule has 0 bridgehead atoms. The maximum Gasteiger partial charge on any atom is 0.255 e. The van der Waals surface area contributed by atoms with E-state index >= 15 is 0 Å². The number of benzene rings is 2. The van der Waals surface area contributed by atoms with Crippen LogP contribution in [0.4, 0.5) is 5.69 Å². The van der Waals surface area contributed by atoms with Gasteiger partial charge in [-0.3, -0.25) is 14.5 Å². The van der Waals surface area contributed by atoms with Gasteiger partial charge in [-0.2, -0.15) is 5.10 Å². The first-order valence-electron chi connectivity index (χ1n) is 8.53. The van der Waals surface area contributed by atoms with Crippen molar-refractivity contribution in [2.24, 2.45) is 0 Å². The molecule has 6 heteroatoms. The molecular formula is C21H18N4O2. The first-order chi connectivity index (χ1) is 13.2. The normalized spacial score (nSPS) is 10.7. The fourth-order valence-corrected chi connectivity index (χ4v) is 2.84. The van der Waals surface area contributed by atoms with E-state index in [0.29, 0.717) is 17.8 Å². The van der Waals surface area contributed by atoms with Crippen LogP contribution in [0.15, 0.2) is 73.2 Å². The quantitative estimate of drug-likeness (QED) is 0.590. The number of amides is 1. The number of fused-ring (bicyclic) bond motifs is 1. The standard InChI is InChI=1S/C21H18N4O2/c1-27-19-8-7-17-11-18(13-22-20(17)12-19)24-21(26)16-5-3-15(4-6-16)14-25-10-2-9-23-25/h2-13H,14H2,1H3,(H,24,26). The number of ether oxygens (including phenoxy) is 1. The van der Waals surface area contributed by atoms with Gasteiger partial charge in [-0.1, -0.05) is 12.1 Å². The second-order valence-corrected chi connectivity index (χ2v) is 6.14. The molecule has 0 radical (unpaired) electrons. The van der Waals surface area contributed by atoms with Gasteiger partial charge in [0.1, 0.15) is 5.75 Å². The lowest BCUT2D eigenvalue weighted by Crippen LogP contribution is -2.12. The fraction of sp³-hybridized carbons (Fsp3) is 0.0952. The minimum Gasteiger partial charge on any atom is -0.497 e. The second-order valence-electron chi connectivity index (χ2n) is 6.14. The number of carbonyl (C=O) groups is 1. The molecule has 6 nitrogen and oxygen atoms in total. The van der Waals surface area contributed by atoms with Gasteiger partial charge in [0, 0.05) is 29.4 Å². The summed E-state index contributed by atoms with van der Waals surface area (Å²) in [7, 11) is 1.62. The average molecular weight is 358 g/mol. The number of aromatic nitrogens is 3. The van der Waals surface area contributed by atoms with Crippen LogP contribution in [0, 0.1) is 0 Å². The van der Waals surface area contributed by atoms with Gasteiger partial charge in [-0.15, -0.1) is 0 Å². The summed E-state index contributed by atoms with van der Waals surface area (Å²) in [5.41, 5.74) is 3.14. The van der Waals surface area contributed by atoms with E-state index in [-0.39, 0.29) is 5.91 Å². The number of nitrogens with zero attached hydrogens (tertiary/aromatic N) is 3. The summed E-state index contributed by atoms with van der Waals surface area (Å²) in [6.45, 7) is 0.674. The van der Waals surface area contributed by atoms with Crippen molar-refractivity contribution < 1.29 is 9.53 Å². The molecule has 0 fully saturated rings. The third-order valence-corrected chi connectivity index (χ3v) is 4.27. The van der Waals surface area contributed by atoms with Crippen LogP contribution in [-0.2, 0) is 6.54 Å². The number of hydrogen-bond donors (Lipinski definition) is 1. The van der Waals surface area contributed by atoms with Crippen LogP contribution in [0.3, 0.4) is 0 Å². The fourth-order valence-electron chi connectivity index (χ4n) is 2.84. The van der Waals surface area contributed by atoms with Gasteiger partial charge in [-0.25, -0.2) is 0 Å². The Morgan fingerprint density at radius 3 is 2.74 bits per heavy atom. The minimum atomic E-state index is -0.171. The van der Waals surface area contributed by atoms with Crippen molar-refractivity contribution in [2.75, 3.05) is 12.4 Å². The van der Waals surface area contributed by atoms with E-state index in [1.54, 1.807) is 19.5 Å². The molecule has 2 aromatic carbocycles. The lowest BCUT2D eigenvalue weighted by molar-refractivity contribution is 0.102. The molecule has 0 saturated carbocycles. The Morgan fingerprint density at radius 2 is 2.00 bits per heavy atom. The van der Waals surface area contributed by atoms with Gasteiger partial charge in [0.05, 0.1) is 31.1 Å². The topological polar surface area (TPSA) is 69.0 Å². The Balaban J connectivity index is 1.47. The van der Waals surface area contributed by atoms with Crippen molar-refractivity contribution in [3.63, 3.8) is 0 Å². The summed E-state index contributed by atoms with van der Waals surface area (Å²) in [5.74, 6) is 0.581. The second kappa shape index (κ2) is 7.29. The van der Waals surface area contributed by atoms with Gasteiger partial charge in [0.15, 0.2) is 0 Å². The predicted octanol–water partition coefficient (Wildman–Crippen LogP) is 3.74. The number of pyridine rings is 1. The SMILES string of the molecule is COc1ccc2cc(NC(=O)c3ccc(Cn4cccn4)cc3)cnc2c1. The van der Waals surface area contributed by atoms with Gasteiger partial charge < -0.3 is 10.1 Å². The highest BCUT2D eigenvalue weighted by Crippen LogP contribution is 2.22. The van der Waals surface area contributed by atoms with E-state index in [1.807, 2.05) is 65.5 Å². The van der Waals surface area contributed by atoms with Crippen molar-refractivity contribution in [3.05, 3.63) is 84.3 Å². The van der Waals surface area contributed by atoms with E-state index in [4.69, 9.17) is 4.74 Å². The van der Waals surface area contributed by atoms with Crippen LogP contribution >= 0.6 is 0 Å². The highest BCUT2D eigenvalue weighted by molar-refractivity contribution is 6.04. The van der Waals surface area contributed by atoms with Crippen molar-refractivity contribution in [1.29, 1.82) is 0 Å². The molecule has 1 amide bonds. The van der Waals surface area contributed by atoms with Gasteiger partial charge in [0.25, 0.3) is 5.91 Å². The van der Waals surface area contributed by atoms with Gasteiger partial charge in [-0.05, 0) is 42.0 Å². The molecule has 0 spiro atoms. The average Bonchev–Trinajstić information content (AvgIpc) is 3.21. The number of nitrogens with one attached hydrogen (secondary N) is 1. The Bertz CT molecular complexity index is 1070. The molecule has 0 atom stereocenters. The minimum absolute atomic E-state index is 0.171. The number of hydrogen-bond acceptors (Lipinski definition) is 4. The number of carbonyl (C=O) groups excluding carboxylic acids is 1. The summed E-state index contributed by atoms with van der Waals surface area (Å²) in [6, 6.07) is 16.9. The third kappa shape index (κ3) is 3.79. The lowest BCUT2D eigenvalue weighted by Gasteiger charge is -2.08. The zero-order valence-corrected chi connectivity index (χ0v) is 14.8. The zero-order chi connectivity index (χ0) is 18.6. The van der Waals surface area contributed by atoms with Crippen molar-refractivity contribution >= 4 is 22.5 Å². The van der Waals surface area contributed by atoms with E-state index in [1.165, 1.54) is 0 Å². The van der Waals surface area contributed by atoms with Gasteiger partial charge >= 0.3 is 0 Å². The maximum absolute atomic E-state index is 12.5. The Morgan fingerprint density at radius 1 is 1.15 bits per heavy atom. The summed E-state index contributed by atoms with van der Waals surface area (Å²) in [4.78, 5) is 16.9. The summed E-state index contributed by atoms with van der Waals surface area (Å²) in [6.07, 6.45) is 5.30. The molecule has 0 aliphatic rings. The summed E-state index contributed by atoms with van der Waals surface area (Å²) < 4.78 is 7.04. The van der Waals surface area contributed by atoms with Crippen LogP contribution in [0.2, 0.25) is 0 Å². The van der Waals surface area contributed by atoms with Crippen molar-refractivity contribution in [1.82, 2.24) is 14.8 Å². The predicted molar refractivity (Wildman–Crippen MR) is 104 cm³/mol. The molecule has 2 aromatic heterocycles. The van der Waals surface area contributed by atoms with Crippen LogP contribution in [0.25, 0.3) is 10.9 Å². The van der Waals surface area contributed by atoms with E-state index < -0.39 is 0 Å². The van der Waals surface area contributed by atoms with E-state index in [9.17, 15) is 4.79 Å².